The average Bonchev–Trinajstić information content (AvgIpc) is 3.20. The van der Waals surface area contributed by atoms with E-state index in [-0.39, 0.29) is 24.0 Å². The molecule has 3 aromatic rings. The summed E-state index contributed by atoms with van der Waals surface area (Å²) in [4.78, 5) is 25.1. The molecule has 0 aliphatic rings. The van der Waals surface area contributed by atoms with Crippen LogP contribution in [0.2, 0.25) is 0 Å². The minimum absolute atomic E-state index is 0.00732. The summed E-state index contributed by atoms with van der Waals surface area (Å²) in [5.41, 5.74) is 1.18. The van der Waals surface area contributed by atoms with Crippen molar-refractivity contribution in [1.82, 2.24) is 14.8 Å². The van der Waals surface area contributed by atoms with E-state index in [9.17, 15) is 9.59 Å². The Hall–Kier alpha value is -3.79. The molecule has 2 amide bonds. The molecule has 0 aliphatic heterocycles. The molecule has 1 heterocycles. The zero-order chi connectivity index (χ0) is 24.3. The molecule has 0 radical (unpaired) electrons. The van der Waals surface area contributed by atoms with Crippen LogP contribution in [0, 0.1) is 0 Å². The number of methoxy groups -OCH3 is 1. The summed E-state index contributed by atoms with van der Waals surface area (Å²) < 4.78 is 12.6. The summed E-state index contributed by atoms with van der Waals surface area (Å²) in [5.74, 6) is 1.29. The summed E-state index contributed by atoms with van der Waals surface area (Å²) in [5, 5.41) is 14.5. The topological polar surface area (TPSA) is 107 Å². The van der Waals surface area contributed by atoms with Crippen LogP contribution in [-0.2, 0) is 22.6 Å². The lowest BCUT2D eigenvalue weighted by molar-refractivity contribution is -0.116. The van der Waals surface area contributed by atoms with Crippen molar-refractivity contribution >= 4 is 35.0 Å². The number of aromatic nitrogens is 3. The molecule has 3 rings (SSSR count). The Kier molecular flexibility index (Phi) is 9.10. The minimum Gasteiger partial charge on any atom is -0.495 e. The molecule has 0 fully saturated rings. The molecule has 34 heavy (non-hydrogen) atoms. The van der Waals surface area contributed by atoms with Crippen LogP contribution in [-0.4, -0.2) is 46.0 Å². The molecular weight excluding hydrogens is 454 g/mol. The highest BCUT2D eigenvalue weighted by molar-refractivity contribution is 7.99. The molecule has 1 aromatic heterocycles. The van der Waals surface area contributed by atoms with Gasteiger partial charge in [0.05, 0.1) is 37.3 Å². The van der Waals surface area contributed by atoms with Crippen LogP contribution in [0.25, 0.3) is 0 Å². The first-order valence-electron chi connectivity index (χ1n) is 10.7. The summed E-state index contributed by atoms with van der Waals surface area (Å²) in [7, 11) is 1.54. The number of anilines is 2. The Labute approximate surface area is 202 Å². The Morgan fingerprint density at radius 1 is 1.03 bits per heavy atom. The summed E-state index contributed by atoms with van der Waals surface area (Å²) in [6.07, 6.45) is 1.70. The molecule has 0 saturated carbocycles. The monoisotopic (exact) mass is 481 g/mol. The van der Waals surface area contributed by atoms with E-state index in [0.29, 0.717) is 47.0 Å². The molecule has 0 saturated heterocycles. The predicted molar refractivity (Wildman–Crippen MR) is 133 cm³/mol. The Balaban J connectivity index is 1.64. The second kappa shape index (κ2) is 12.4. The van der Waals surface area contributed by atoms with E-state index >= 15 is 0 Å². The largest absolute Gasteiger partial charge is 0.495 e. The van der Waals surface area contributed by atoms with Gasteiger partial charge in [0.15, 0.2) is 5.16 Å². The molecule has 0 spiro atoms. The smallest absolute Gasteiger partial charge is 0.234 e. The lowest BCUT2D eigenvalue weighted by atomic mass is 10.2. The van der Waals surface area contributed by atoms with Crippen LogP contribution in [0.4, 0.5) is 11.4 Å². The van der Waals surface area contributed by atoms with E-state index in [1.807, 2.05) is 31.2 Å². The lowest BCUT2D eigenvalue weighted by Crippen LogP contribution is -2.18. The van der Waals surface area contributed by atoms with Crippen molar-refractivity contribution in [2.75, 3.05) is 30.1 Å². The third-order valence-electron chi connectivity index (χ3n) is 4.60. The van der Waals surface area contributed by atoms with Crippen LogP contribution >= 0.6 is 11.8 Å². The van der Waals surface area contributed by atoms with Crippen LogP contribution < -0.4 is 20.1 Å². The van der Waals surface area contributed by atoms with Gasteiger partial charge in [-0.05, 0) is 31.2 Å². The van der Waals surface area contributed by atoms with E-state index < -0.39 is 0 Å². The molecule has 0 bridgehead atoms. The van der Waals surface area contributed by atoms with E-state index in [0.717, 1.165) is 0 Å². The van der Waals surface area contributed by atoms with E-state index in [1.54, 1.807) is 42.0 Å². The third kappa shape index (κ3) is 6.61. The van der Waals surface area contributed by atoms with Gasteiger partial charge in [-0.25, -0.2) is 0 Å². The fraction of sp³-hybridized carbons (Fsp3) is 0.250. The molecule has 0 unspecified atom stereocenters. The summed E-state index contributed by atoms with van der Waals surface area (Å²) in [6.45, 7) is 6.56. The fourth-order valence-corrected chi connectivity index (χ4v) is 3.89. The number of amides is 2. The van der Waals surface area contributed by atoms with E-state index in [4.69, 9.17) is 9.47 Å². The van der Waals surface area contributed by atoms with Gasteiger partial charge in [-0.2, -0.15) is 0 Å². The maximum absolute atomic E-state index is 12.6. The standard InChI is InChI=1S/C24H27N5O4S/c1-4-14-29-21(15-22(30)25-17-10-6-8-12-19(17)32-3)27-28-24(29)34-16-23(31)26-18-11-7-9-13-20(18)33-5-2/h4,6-13H,1,5,14-16H2,2-3H3,(H,25,30)(H,26,31). The first-order valence-corrected chi connectivity index (χ1v) is 11.6. The molecule has 2 aromatic carbocycles. The van der Waals surface area contributed by atoms with E-state index in [2.05, 4.69) is 27.4 Å². The predicted octanol–water partition coefficient (Wildman–Crippen LogP) is 3.78. The molecule has 178 valence electrons. The number of carbonyl (C=O) groups is 2. The van der Waals surface area contributed by atoms with Crippen molar-refractivity contribution < 1.29 is 19.1 Å². The van der Waals surface area contributed by atoms with E-state index in [1.165, 1.54) is 11.8 Å². The van der Waals surface area contributed by atoms with Gasteiger partial charge in [0, 0.05) is 6.54 Å². The number of rotatable bonds is 12. The summed E-state index contributed by atoms with van der Waals surface area (Å²) >= 11 is 1.23. The van der Waals surface area contributed by atoms with Crippen LogP contribution in [0.15, 0.2) is 66.3 Å². The fourth-order valence-electron chi connectivity index (χ4n) is 3.12. The number of benzene rings is 2. The third-order valence-corrected chi connectivity index (χ3v) is 5.56. The first-order chi connectivity index (χ1) is 16.5. The van der Waals surface area contributed by atoms with Crippen molar-refractivity contribution in [2.45, 2.75) is 25.0 Å². The Morgan fingerprint density at radius 3 is 2.35 bits per heavy atom. The van der Waals surface area contributed by atoms with Crippen LogP contribution in [0.1, 0.15) is 12.7 Å². The number of carbonyl (C=O) groups excluding carboxylic acids is 2. The van der Waals surface area contributed by atoms with Crippen molar-refractivity contribution in [3.63, 3.8) is 0 Å². The van der Waals surface area contributed by atoms with Crippen LogP contribution in [0.5, 0.6) is 11.5 Å². The number of hydrogen-bond donors (Lipinski definition) is 2. The SMILES string of the molecule is C=CCn1c(CC(=O)Nc2ccccc2OC)nnc1SCC(=O)Nc1ccccc1OCC. The molecular formula is C24H27N5O4S. The normalized spacial score (nSPS) is 10.4. The number of nitrogens with one attached hydrogen (secondary N) is 2. The van der Waals surface area contributed by atoms with Crippen LogP contribution in [0.3, 0.4) is 0 Å². The zero-order valence-electron chi connectivity index (χ0n) is 19.1. The van der Waals surface area contributed by atoms with Gasteiger partial charge < -0.3 is 24.7 Å². The number of hydrogen-bond acceptors (Lipinski definition) is 7. The van der Waals surface area contributed by atoms with Crippen molar-refractivity contribution in [3.8, 4) is 11.5 Å². The number of thioether (sulfide) groups is 1. The number of nitrogens with zero attached hydrogens (tertiary/aromatic N) is 3. The highest BCUT2D eigenvalue weighted by atomic mass is 32.2. The second-order valence-corrected chi connectivity index (χ2v) is 7.93. The molecule has 0 atom stereocenters. The second-order valence-electron chi connectivity index (χ2n) is 6.99. The van der Waals surface area contributed by atoms with Gasteiger partial charge in [0.25, 0.3) is 0 Å². The van der Waals surface area contributed by atoms with Gasteiger partial charge in [0.1, 0.15) is 17.3 Å². The molecule has 10 heteroatoms. The number of para-hydroxylation sites is 4. The number of allylic oxidation sites excluding steroid dienone is 1. The minimum atomic E-state index is -0.260. The maximum atomic E-state index is 12.6. The highest BCUT2D eigenvalue weighted by Crippen LogP contribution is 2.25. The van der Waals surface area contributed by atoms with Gasteiger partial charge >= 0.3 is 0 Å². The average molecular weight is 482 g/mol. The zero-order valence-corrected chi connectivity index (χ0v) is 19.9. The molecule has 0 aliphatic carbocycles. The van der Waals surface area contributed by atoms with Crippen molar-refractivity contribution in [2.24, 2.45) is 0 Å². The van der Waals surface area contributed by atoms with Gasteiger partial charge in [0.2, 0.25) is 11.8 Å². The molecule has 9 nitrogen and oxygen atoms in total. The Bertz CT molecular complexity index is 1150. The lowest BCUT2D eigenvalue weighted by Gasteiger charge is -2.12. The van der Waals surface area contributed by atoms with Crippen molar-refractivity contribution in [3.05, 3.63) is 67.0 Å². The Morgan fingerprint density at radius 2 is 1.68 bits per heavy atom. The van der Waals surface area contributed by atoms with Gasteiger partial charge in [-0.1, -0.05) is 42.1 Å². The highest BCUT2D eigenvalue weighted by Gasteiger charge is 2.17. The summed E-state index contributed by atoms with van der Waals surface area (Å²) in [6, 6.07) is 14.4. The first kappa shape index (κ1) is 24.8. The van der Waals surface area contributed by atoms with Gasteiger partial charge in [-0.3, -0.25) is 9.59 Å². The van der Waals surface area contributed by atoms with Gasteiger partial charge in [-0.15, -0.1) is 16.8 Å². The quantitative estimate of drug-likeness (QED) is 0.299. The van der Waals surface area contributed by atoms with Crippen molar-refractivity contribution in [1.29, 1.82) is 0 Å². The molecule has 2 N–H and O–H groups in total. The number of ether oxygens (including phenoxy) is 2. The maximum Gasteiger partial charge on any atom is 0.234 e.